The second kappa shape index (κ2) is 43.2. The first-order chi connectivity index (χ1) is 11.8. The van der Waals surface area contributed by atoms with Crippen LogP contribution in [0.1, 0.15) is 41.5 Å². The van der Waals surface area contributed by atoms with Crippen LogP contribution in [0.2, 0.25) is 0 Å². The molecule has 162 valence electrons. The molecule has 0 aromatic heterocycles. The maximum absolute atomic E-state index is 9.00. The molecule has 0 rings (SSSR count). The summed E-state index contributed by atoms with van der Waals surface area (Å²) in [6.07, 6.45) is 0. The molecule has 0 radical (unpaired) electrons. The second-order valence-corrected chi connectivity index (χ2v) is 3.22. The molecule has 0 aliphatic rings. The molecule has 0 aromatic carbocycles. The van der Waals surface area contributed by atoms with E-state index in [4.69, 9.17) is 69.3 Å². The number of carboxylic acid groups (broad SMARTS) is 7. The van der Waals surface area contributed by atoms with Gasteiger partial charge in [-0.2, -0.15) is 0 Å². The molecule has 0 unspecified atom stereocenters. The lowest BCUT2D eigenvalue weighted by atomic mass is 10.9. The van der Waals surface area contributed by atoms with Crippen molar-refractivity contribution in [3.63, 3.8) is 0 Å². The lowest BCUT2D eigenvalue weighted by Crippen LogP contribution is -1.78. The molecule has 14 heteroatoms. The van der Waals surface area contributed by atoms with Crippen molar-refractivity contribution in [2.45, 2.75) is 41.5 Å². The van der Waals surface area contributed by atoms with Crippen molar-refractivity contribution in [1.29, 1.82) is 0 Å². The van der Waals surface area contributed by atoms with Gasteiger partial charge in [-0.05, 0) is 0 Å². The van der Waals surface area contributed by atoms with Crippen LogP contribution in [-0.4, -0.2) is 78.0 Å². The molecule has 0 aromatic rings. The van der Waals surface area contributed by atoms with Crippen molar-refractivity contribution < 1.29 is 69.3 Å². The zero-order chi connectivity index (χ0) is 24.2. The third kappa shape index (κ3) is 667. The highest BCUT2D eigenvalue weighted by Gasteiger charge is 1.67. The minimum Gasteiger partial charge on any atom is -0.483 e. The number of rotatable bonds is 0. The number of hydrogen-bond donors (Lipinski definition) is 7. The molecule has 27 heavy (non-hydrogen) atoms. The van der Waals surface area contributed by atoms with Gasteiger partial charge in [0.25, 0.3) is 42.3 Å². The molecule has 14 nitrogen and oxygen atoms in total. The highest BCUT2D eigenvalue weighted by atomic mass is 16.4. The summed E-state index contributed by atoms with van der Waals surface area (Å²) in [6, 6.07) is 0. The van der Waals surface area contributed by atoms with Crippen molar-refractivity contribution in [2.24, 2.45) is 0 Å². The number of hydrogen-bond acceptors (Lipinski definition) is 7. The smallest absolute Gasteiger partial charge is 0.300 e. The predicted octanol–water partition coefficient (Wildman–Crippen LogP) is 0.246. The Labute approximate surface area is 154 Å². The van der Waals surface area contributed by atoms with E-state index >= 15 is 0 Å². The van der Waals surface area contributed by atoms with Gasteiger partial charge in [0.15, 0.2) is 0 Å². The molecule has 0 atom stereocenters. The number of carbonyl (C=O) groups is 7. The van der Waals surface area contributed by atoms with Gasteiger partial charge in [-0.25, -0.2) is 0 Å². The van der Waals surface area contributed by atoms with Gasteiger partial charge < -0.3 is 35.7 Å². The van der Waals surface area contributed by atoms with Gasteiger partial charge in [0.2, 0.25) is 0 Å². The molecule has 0 saturated heterocycles. The van der Waals surface area contributed by atoms with Gasteiger partial charge in [-0.3, -0.25) is 33.6 Å². The van der Waals surface area contributed by atoms with E-state index in [0.717, 1.165) is 41.5 Å². The van der Waals surface area contributed by atoms with Gasteiger partial charge in [0, 0.05) is 41.5 Å². The van der Waals surface area contributed by atoms with Crippen LogP contribution in [-0.2, 0) is 33.6 Å². The van der Waals surface area contributed by atoms with E-state index in [1.54, 1.807) is 0 Å². The molecule has 0 fully saturated rings. The Kier molecular flexibility index (Phi) is 69.8. The van der Waals surface area contributed by atoms with Gasteiger partial charge >= 0.3 is 0 Å². The van der Waals surface area contributed by atoms with Crippen LogP contribution < -0.4 is 0 Å². The summed E-state index contributed by atoms with van der Waals surface area (Å²) in [5.74, 6) is -5.00. The van der Waals surface area contributed by atoms with Crippen LogP contribution in [0.5, 0.6) is 0 Å². The second-order valence-electron chi connectivity index (χ2n) is 3.22. The molecular formula is C13H26O14. The Morgan fingerprint density at radius 1 is 0.444 bits per heavy atom. The van der Waals surface area contributed by atoms with Crippen LogP contribution >= 0.6 is 0 Å². The van der Waals surface area contributed by atoms with Crippen LogP contribution in [0.3, 0.4) is 0 Å². The van der Waals surface area contributed by atoms with Crippen molar-refractivity contribution in [1.82, 2.24) is 0 Å². The quantitative estimate of drug-likeness (QED) is 0.266. The predicted molar refractivity (Wildman–Crippen MR) is 88.6 cm³/mol. The van der Waals surface area contributed by atoms with E-state index in [0.29, 0.717) is 0 Å². The first-order valence-electron chi connectivity index (χ1n) is 6.06. The maximum atomic E-state index is 9.00. The molecule has 0 aliphatic carbocycles. The molecule has 0 spiro atoms. The van der Waals surface area contributed by atoms with Crippen LogP contribution in [0.25, 0.3) is 0 Å². The fourth-order valence-corrected chi connectivity index (χ4v) is 0. The normalized spacial score (nSPS) is 6.00. The van der Waals surface area contributed by atoms with E-state index in [1.807, 2.05) is 0 Å². The first-order valence-corrected chi connectivity index (χ1v) is 6.06. The van der Waals surface area contributed by atoms with E-state index in [1.165, 1.54) is 0 Å². The third-order valence-corrected chi connectivity index (χ3v) is 0. The minimum atomic E-state index is -0.833. The van der Waals surface area contributed by atoms with E-state index in [2.05, 4.69) is 0 Å². The van der Waals surface area contributed by atoms with Gasteiger partial charge in [0.05, 0.1) is 0 Å². The summed E-state index contributed by atoms with van der Waals surface area (Å²) in [6.45, 7) is 6.25. The fourth-order valence-electron chi connectivity index (χ4n) is 0. The van der Waals surface area contributed by atoms with Crippen molar-refractivity contribution in [2.75, 3.05) is 0 Å². The van der Waals surface area contributed by atoms with Crippen molar-refractivity contribution >= 4 is 42.3 Å². The zero-order valence-electron chi connectivity index (χ0n) is 15.6. The zero-order valence-corrected chi connectivity index (χ0v) is 15.6. The Hall–Kier alpha value is -3.71. The number of carboxylic acids is 6. The lowest BCUT2D eigenvalue weighted by molar-refractivity contribution is -0.135. The van der Waals surface area contributed by atoms with Crippen LogP contribution in [0.4, 0.5) is 0 Å². The molecular weight excluding hydrogens is 380 g/mol. The Balaban J connectivity index is -0.0000000346. The highest BCUT2D eigenvalue weighted by Crippen LogP contribution is 1.43. The van der Waals surface area contributed by atoms with E-state index < -0.39 is 35.8 Å². The largest absolute Gasteiger partial charge is 0.483 e. The summed E-state index contributed by atoms with van der Waals surface area (Å²) < 4.78 is 0. The molecule has 7 N–H and O–H groups in total. The number of aliphatic carboxylic acids is 6. The summed E-state index contributed by atoms with van der Waals surface area (Å²) >= 11 is 0. The average Bonchev–Trinajstić information content (AvgIpc) is 2.22. The van der Waals surface area contributed by atoms with Crippen molar-refractivity contribution in [3.8, 4) is 0 Å². The highest BCUT2D eigenvalue weighted by molar-refractivity contribution is 5.64. The van der Waals surface area contributed by atoms with Crippen LogP contribution in [0, 0.1) is 0 Å². The SMILES string of the molecule is CC(=O)O.CC(=O)O.CC(=O)O.CC(=O)O.CC(=O)O.CC(=O)O.O=CO. The first kappa shape index (κ1) is 43.6. The summed E-state index contributed by atoms with van der Waals surface area (Å²) in [5, 5.41) is 51.4. The Morgan fingerprint density at radius 3 is 0.444 bits per heavy atom. The standard InChI is InChI=1S/6C2H4O2.CH2O2/c6*1-2(3)4;2-1-3/h6*1H3,(H,3,4);1H,(H,2,3). The topological polar surface area (TPSA) is 261 Å². The van der Waals surface area contributed by atoms with Gasteiger partial charge in [-0.1, -0.05) is 0 Å². The average molecular weight is 406 g/mol. The molecule has 0 bridgehead atoms. The summed E-state index contributed by atoms with van der Waals surface area (Å²) in [5.41, 5.74) is 0. The molecule has 0 saturated carbocycles. The lowest BCUT2D eigenvalue weighted by Gasteiger charge is -1.59. The Morgan fingerprint density at radius 2 is 0.444 bits per heavy atom. The molecule has 0 aliphatic heterocycles. The molecule has 0 heterocycles. The fraction of sp³-hybridized carbons (Fsp3) is 0.462. The minimum absolute atomic E-state index is 0.250. The third-order valence-electron chi connectivity index (χ3n) is 0. The summed E-state index contributed by atoms with van der Waals surface area (Å²) in [4.78, 5) is 62.4. The Bertz CT molecular complexity index is 296. The van der Waals surface area contributed by atoms with Gasteiger partial charge in [0.1, 0.15) is 0 Å². The monoisotopic (exact) mass is 406 g/mol. The van der Waals surface area contributed by atoms with E-state index in [9.17, 15) is 0 Å². The van der Waals surface area contributed by atoms with Gasteiger partial charge in [-0.15, -0.1) is 0 Å². The van der Waals surface area contributed by atoms with Crippen LogP contribution in [0.15, 0.2) is 0 Å². The molecule has 0 amide bonds. The summed E-state index contributed by atoms with van der Waals surface area (Å²) in [7, 11) is 0. The maximum Gasteiger partial charge on any atom is 0.300 e. The van der Waals surface area contributed by atoms with E-state index in [-0.39, 0.29) is 6.47 Å². The van der Waals surface area contributed by atoms with Crippen molar-refractivity contribution in [3.05, 3.63) is 0 Å².